The maximum Gasteiger partial charge on any atom is 0.251 e. The highest BCUT2D eigenvalue weighted by Crippen LogP contribution is 2.39. The molecule has 3 aromatic rings. The van der Waals surface area contributed by atoms with E-state index < -0.39 is 0 Å². The molecule has 31 heavy (non-hydrogen) atoms. The van der Waals surface area contributed by atoms with Crippen LogP contribution in [-0.2, 0) is 17.9 Å². The van der Waals surface area contributed by atoms with Crippen LogP contribution >= 0.6 is 11.8 Å². The van der Waals surface area contributed by atoms with Gasteiger partial charge in [-0.05, 0) is 47.5 Å². The van der Waals surface area contributed by atoms with Crippen LogP contribution in [0.25, 0.3) is 0 Å². The number of carbonyl (C=O) groups is 2. The molecular formula is C23H20N2O5S. The van der Waals surface area contributed by atoms with E-state index in [1.165, 1.54) is 0 Å². The molecule has 0 aliphatic carbocycles. The number of rotatable bonds is 6. The van der Waals surface area contributed by atoms with Crippen molar-refractivity contribution in [2.45, 2.75) is 18.5 Å². The predicted octanol–water partition coefficient (Wildman–Crippen LogP) is 3.71. The van der Waals surface area contributed by atoms with E-state index in [-0.39, 0.29) is 24.0 Å². The molecule has 2 aliphatic heterocycles. The lowest BCUT2D eigenvalue weighted by Crippen LogP contribution is -2.27. The summed E-state index contributed by atoms with van der Waals surface area (Å²) in [6, 6.07) is 16.7. The molecule has 1 N–H and O–H groups in total. The van der Waals surface area contributed by atoms with E-state index in [1.807, 2.05) is 42.5 Å². The SMILES string of the molecule is O=C(NCc1ccc2c(c1)OCO2)c1ccc([C@H]2SCC(=O)N2Cc2ccco2)cc1. The number of ether oxygens (including phenoxy) is 2. The van der Waals surface area contributed by atoms with Crippen molar-refractivity contribution in [1.29, 1.82) is 0 Å². The minimum absolute atomic E-state index is 0.0805. The summed E-state index contributed by atoms with van der Waals surface area (Å²) in [5.74, 6) is 2.52. The van der Waals surface area contributed by atoms with Crippen molar-refractivity contribution in [1.82, 2.24) is 10.2 Å². The van der Waals surface area contributed by atoms with E-state index in [0.717, 1.165) is 22.6 Å². The molecule has 158 valence electrons. The molecule has 2 amide bonds. The molecule has 1 saturated heterocycles. The Hall–Kier alpha value is -3.39. The van der Waals surface area contributed by atoms with E-state index in [2.05, 4.69) is 5.32 Å². The highest BCUT2D eigenvalue weighted by Gasteiger charge is 2.33. The number of nitrogens with one attached hydrogen (secondary N) is 1. The van der Waals surface area contributed by atoms with E-state index in [4.69, 9.17) is 13.9 Å². The molecule has 1 atom stereocenters. The molecule has 0 saturated carbocycles. The van der Waals surface area contributed by atoms with Crippen LogP contribution in [0.15, 0.2) is 65.3 Å². The second-order valence-electron chi connectivity index (χ2n) is 7.26. The van der Waals surface area contributed by atoms with E-state index >= 15 is 0 Å². The van der Waals surface area contributed by atoms with Gasteiger partial charge in [-0.15, -0.1) is 11.8 Å². The second kappa shape index (κ2) is 8.39. The van der Waals surface area contributed by atoms with E-state index in [0.29, 0.717) is 30.2 Å². The van der Waals surface area contributed by atoms with Gasteiger partial charge in [0.1, 0.15) is 11.1 Å². The van der Waals surface area contributed by atoms with Crippen molar-refractivity contribution in [2.24, 2.45) is 0 Å². The van der Waals surface area contributed by atoms with Crippen molar-refractivity contribution in [3.8, 4) is 11.5 Å². The molecule has 0 spiro atoms. The summed E-state index contributed by atoms with van der Waals surface area (Å²) in [6.07, 6.45) is 1.61. The molecule has 7 nitrogen and oxygen atoms in total. The lowest BCUT2D eigenvalue weighted by Gasteiger charge is -2.23. The summed E-state index contributed by atoms with van der Waals surface area (Å²) in [4.78, 5) is 26.7. The molecule has 0 radical (unpaired) electrons. The van der Waals surface area contributed by atoms with Crippen molar-refractivity contribution in [2.75, 3.05) is 12.5 Å². The first-order valence-corrected chi connectivity index (χ1v) is 10.9. The summed E-state index contributed by atoms with van der Waals surface area (Å²) in [5.41, 5.74) is 2.48. The third kappa shape index (κ3) is 4.11. The number of furan rings is 1. The molecule has 2 aromatic carbocycles. The average Bonchev–Trinajstić information content (AvgIpc) is 3.54. The zero-order valence-electron chi connectivity index (χ0n) is 16.6. The lowest BCUT2D eigenvalue weighted by molar-refractivity contribution is -0.128. The maximum atomic E-state index is 12.6. The Bertz CT molecular complexity index is 1100. The van der Waals surface area contributed by atoms with Gasteiger partial charge in [-0.1, -0.05) is 18.2 Å². The zero-order chi connectivity index (χ0) is 21.2. The summed E-state index contributed by atoms with van der Waals surface area (Å²) < 4.78 is 16.1. The third-order valence-electron chi connectivity index (χ3n) is 5.22. The van der Waals surface area contributed by atoms with Gasteiger partial charge in [-0.2, -0.15) is 0 Å². The Morgan fingerprint density at radius 1 is 1.10 bits per heavy atom. The maximum absolute atomic E-state index is 12.6. The summed E-state index contributed by atoms with van der Waals surface area (Å²) in [7, 11) is 0. The zero-order valence-corrected chi connectivity index (χ0v) is 17.4. The quantitative estimate of drug-likeness (QED) is 0.635. The number of benzene rings is 2. The van der Waals surface area contributed by atoms with Gasteiger partial charge in [-0.3, -0.25) is 9.59 Å². The van der Waals surface area contributed by atoms with Gasteiger partial charge in [-0.25, -0.2) is 0 Å². The Kier molecular flexibility index (Phi) is 5.30. The van der Waals surface area contributed by atoms with E-state index in [9.17, 15) is 9.59 Å². The summed E-state index contributed by atoms with van der Waals surface area (Å²) >= 11 is 1.58. The Morgan fingerprint density at radius 3 is 2.74 bits per heavy atom. The molecule has 8 heteroatoms. The number of hydrogen-bond donors (Lipinski definition) is 1. The van der Waals surface area contributed by atoms with Crippen molar-refractivity contribution in [3.05, 3.63) is 83.3 Å². The number of thioether (sulfide) groups is 1. The number of carbonyl (C=O) groups excluding carboxylic acids is 2. The number of hydrogen-bond acceptors (Lipinski definition) is 6. The smallest absolute Gasteiger partial charge is 0.251 e. The second-order valence-corrected chi connectivity index (χ2v) is 8.33. The molecule has 1 fully saturated rings. The summed E-state index contributed by atoms with van der Waals surface area (Å²) in [6.45, 7) is 1.05. The highest BCUT2D eigenvalue weighted by molar-refractivity contribution is 8.00. The van der Waals surface area contributed by atoms with Crippen LogP contribution in [0.1, 0.15) is 32.6 Å². The number of fused-ring (bicyclic) bond motifs is 1. The number of nitrogens with zero attached hydrogens (tertiary/aromatic N) is 1. The van der Waals surface area contributed by atoms with Crippen LogP contribution in [0.4, 0.5) is 0 Å². The highest BCUT2D eigenvalue weighted by atomic mass is 32.2. The van der Waals surface area contributed by atoms with Crippen LogP contribution in [0.3, 0.4) is 0 Å². The first kappa shape index (κ1) is 19.6. The lowest BCUT2D eigenvalue weighted by atomic mass is 10.1. The molecule has 3 heterocycles. The van der Waals surface area contributed by atoms with Gasteiger partial charge in [0.05, 0.1) is 18.6 Å². The van der Waals surface area contributed by atoms with E-state index in [1.54, 1.807) is 35.1 Å². The fourth-order valence-corrected chi connectivity index (χ4v) is 4.79. The minimum atomic E-state index is -0.160. The molecule has 0 bridgehead atoms. The average molecular weight is 436 g/mol. The standard InChI is InChI=1S/C23H20N2O5S/c26-21-13-31-23(25(21)12-18-2-1-9-28-18)17-6-4-16(5-7-17)22(27)24-11-15-3-8-19-20(10-15)30-14-29-19/h1-10,23H,11-14H2,(H,24,27)/t23-/m1/s1. The van der Waals surface area contributed by atoms with Crippen molar-refractivity contribution >= 4 is 23.6 Å². The van der Waals surface area contributed by atoms with Crippen molar-refractivity contribution < 1.29 is 23.5 Å². The third-order valence-corrected chi connectivity index (χ3v) is 6.48. The van der Waals surface area contributed by atoms with Gasteiger partial charge >= 0.3 is 0 Å². The van der Waals surface area contributed by atoms with Gasteiger partial charge in [0.2, 0.25) is 12.7 Å². The topological polar surface area (TPSA) is 81.0 Å². The number of amides is 2. The molecule has 1 aromatic heterocycles. The largest absolute Gasteiger partial charge is 0.467 e. The van der Waals surface area contributed by atoms with Crippen LogP contribution < -0.4 is 14.8 Å². The first-order valence-electron chi connectivity index (χ1n) is 9.87. The molecule has 0 unspecified atom stereocenters. The molecular weight excluding hydrogens is 416 g/mol. The van der Waals surface area contributed by atoms with Crippen LogP contribution in [0.2, 0.25) is 0 Å². The fourth-order valence-electron chi connectivity index (χ4n) is 3.61. The van der Waals surface area contributed by atoms with Crippen LogP contribution in [-0.4, -0.2) is 29.3 Å². The van der Waals surface area contributed by atoms with Crippen molar-refractivity contribution in [3.63, 3.8) is 0 Å². The minimum Gasteiger partial charge on any atom is -0.467 e. The van der Waals surface area contributed by atoms with Gasteiger partial charge in [0, 0.05) is 12.1 Å². The van der Waals surface area contributed by atoms with Crippen LogP contribution in [0, 0.1) is 0 Å². The van der Waals surface area contributed by atoms with Crippen LogP contribution in [0.5, 0.6) is 11.5 Å². The van der Waals surface area contributed by atoms with Gasteiger partial charge < -0.3 is 24.1 Å². The monoisotopic (exact) mass is 436 g/mol. The Balaban J connectivity index is 1.23. The predicted molar refractivity (Wildman–Crippen MR) is 115 cm³/mol. The van der Waals surface area contributed by atoms with Gasteiger partial charge in [0.15, 0.2) is 11.5 Å². The molecule has 2 aliphatic rings. The Labute approximate surface area is 183 Å². The summed E-state index contributed by atoms with van der Waals surface area (Å²) in [5, 5.41) is 2.83. The fraction of sp³-hybridized carbons (Fsp3) is 0.217. The normalized spacial score (nSPS) is 17.2. The first-order chi connectivity index (χ1) is 15.2. The van der Waals surface area contributed by atoms with Gasteiger partial charge in [0.25, 0.3) is 5.91 Å². The Morgan fingerprint density at radius 2 is 1.94 bits per heavy atom. The molecule has 5 rings (SSSR count).